The van der Waals surface area contributed by atoms with E-state index in [1.165, 1.54) is 6.07 Å². The van der Waals surface area contributed by atoms with Crippen molar-refractivity contribution in [3.8, 4) is 11.5 Å². The zero-order chi connectivity index (χ0) is 19.5. The Bertz CT molecular complexity index is 871. The highest BCUT2D eigenvalue weighted by Gasteiger charge is 2.30. The third-order valence-corrected chi connectivity index (χ3v) is 5.35. The predicted molar refractivity (Wildman–Crippen MR) is 105 cm³/mol. The van der Waals surface area contributed by atoms with E-state index in [1.54, 1.807) is 19.1 Å². The van der Waals surface area contributed by atoms with Crippen LogP contribution in [0, 0.1) is 12.7 Å². The topological polar surface area (TPSA) is 50.8 Å². The van der Waals surface area contributed by atoms with Crippen LogP contribution in [-0.4, -0.2) is 37.1 Å². The molecule has 0 saturated carbocycles. The van der Waals surface area contributed by atoms with Gasteiger partial charge in [0.05, 0.1) is 25.8 Å². The zero-order valence-corrected chi connectivity index (χ0v) is 16.0. The first-order valence-electron chi connectivity index (χ1n) is 9.81. The van der Waals surface area contributed by atoms with Crippen LogP contribution < -0.4 is 14.8 Å². The summed E-state index contributed by atoms with van der Waals surface area (Å²) in [4.78, 5) is 14.7. The summed E-state index contributed by atoms with van der Waals surface area (Å²) in [6.45, 7) is 3.88. The van der Waals surface area contributed by atoms with Crippen LogP contribution in [0.25, 0.3) is 0 Å². The number of halogens is 1. The molecule has 2 aromatic carbocycles. The van der Waals surface area contributed by atoms with Gasteiger partial charge in [-0.05, 0) is 55.2 Å². The number of nitrogens with zero attached hydrogens (tertiary/aromatic N) is 1. The van der Waals surface area contributed by atoms with Gasteiger partial charge in [-0.3, -0.25) is 4.79 Å². The van der Waals surface area contributed by atoms with Gasteiger partial charge in [-0.1, -0.05) is 12.1 Å². The van der Waals surface area contributed by atoms with Crippen molar-refractivity contribution in [2.75, 3.05) is 31.6 Å². The van der Waals surface area contributed by atoms with Crippen LogP contribution in [0.2, 0.25) is 0 Å². The molecular formula is C22H25FN2O3. The second-order valence-corrected chi connectivity index (χ2v) is 7.32. The molecule has 0 aromatic heterocycles. The quantitative estimate of drug-likeness (QED) is 0.863. The molecule has 4 rings (SSSR count). The molecule has 2 aliphatic heterocycles. The smallest absolute Gasteiger partial charge is 0.242 e. The predicted octanol–water partition coefficient (Wildman–Crippen LogP) is 4.07. The second-order valence-electron chi connectivity index (χ2n) is 7.32. The minimum atomic E-state index is -0.274. The Labute approximate surface area is 164 Å². The van der Waals surface area contributed by atoms with Crippen molar-refractivity contribution >= 4 is 11.6 Å². The Kier molecular flexibility index (Phi) is 5.37. The fourth-order valence-corrected chi connectivity index (χ4v) is 3.78. The number of ether oxygens (including phenoxy) is 2. The molecule has 1 fully saturated rings. The number of rotatable bonds is 4. The summed E-state index contributed by atoms with van der Waals surface area (Å²) in [5.41, 5.74) is 2.27. The summed E-state index contributed by atoms with van der Waals surface area (Å²) in [5.74, 6) is 1.25. The van der Waals surface area contributed by atoms with Gasteiger partial charge in [-0.2, -0.15) is 0 Å². The van der Waals surface area contributed by atoms with Crippen molar-refractivity contribution in [3.05, 3.63) is 53.3 Å². The molecular weight excluding hydrogens is 359 g/mol. The van der Waals surface area contributed by atoms with Crippen molar-refractivity contribution in [3.63, 3.8) is 0 Å². The maximum Gasteiger partial charge on any atom is 0.242 e. The van der Waals surface area contributed by atoms with Gasteiger partial charge < -0.3 is 19.7 Å². The highest BCUT2D eigenvalue weighted by atomic mass is 19.1. The highest BCUT2D eigenvalue weighted by Crippen LogP contribution is 2.37. The summed E-state index contributed by atoms with van der Waals surface area (Å²) in [6.07, 6.45) is 2.75. The lowest BCUT2D eigenvalue weighted by Gasteiger charge is -2.26. The monoisotopic (exact) mass is 384 g/mol. The number of carbonyl (C=O) groups is 1. The number of hydrogen-bond acceptors (Lipinski definition) is 4. The van der Waals surface area contributed by atoms with Crippen LogP contribution in [0.3, 0.4) is 0 Å². The summed E-state index contributed by atoms with van der Waals surface area (Å²) in [6, 6.07) is 10.9. The number of aryl methyl sites for hydroxylation is 1. The SMILES string of the molecule is Cc1ccc(NCC(=O)N2CCC[C@@H]2c2ccc3c(c2)OCCCO3)cc1F. The van der Waals surface area contributed by atoms with Crippen LogP contribution in [0.1, 0.15) is 36.4 Å². The maximum atomic E-state index is 13.7. The molecule has 0 bridgehead atoms. The van der Waals surface area contributed by atoms with Gasteiger partial charge in [-0.15, -0.1) is 0 Å². The highest BCUT2D eigenvalue weighted by molar-refractivity contribution is 5.81. The molecule has 1 N–H and O–H groups in total. The van der Waals surface area contributed by atoms with Crippen molar-refractivity contribution in [1.82, 2.24) is 4.90 Å². The minimum Gasteiger partial charge on any atom is -0.490 e. The van der Waals surface area contributed by atoms with E-state index < -0.39 is 0 Å². The Morgan fingerprint density at radius 3 is 2.79 bits per heavy atom. The first kappa shape index (κ1) is 18.6. The zero-order valence-electron chi connectivity index (χ0n) is 16.0. The fraction of sp³-hybridized carbons (Fsp3) is 0.409. The third-order valence-electron chi connectivity index (χ3n) is 5.35. The molecule has 1 saturated heterocycles. The second kappa shape index (κ2) is 8.09. The van der Waals surface area contributed by atoms with E-state index in [0.717, 1.165) is 42.9 Å². The number of benzene rings is 2. The summed E-state index contributed by atoms with van der Waals surface area (Å²) in [7, 11) is 0. The summed E-state index contributed by atoms with van der Waals surface area (Å²) >= 11 is 0. The van der Waals surface area contributed by atoms with Gasteiger partial charge >= 0.3 is 0 Å². The molecule has 1 amide bonds. The minimum absolute atomic E-state index is 0.00981. The number of amides is 1. The first-order chi connectivity index (χ1) is 13.6. The van der Waals surface area contributed by atoms with E-state index in [1.807, 2.05) is 23.1 Å². The van der Waals surface area contributed by atoms with Gasteiger partial charge in [0, 0.05) is 18.7 Å². The number of hydrogen-bond donors (Lipinski definition) is 1. The average Bonchev–Trinajstić information content (AvgIpc) is 3.07. The molecule has 148 valence electrons. The molecule has 2 heterocycles. The first-order valence-corrected chi connectivity index (χ1v) is 9.81. The van der Waals surface area contributed by atoms with Crippen LogP contribution in [0.4, 0.5) is 10.1 Å². The van der Waals surface area contributed by atoms with Crippen LogP contribution >= 0.6 is 0 Å². The number of nitrogens with one attached hydrogen (secondary N) is 1. The molecule has 0 spiro atoms. The molecule has 28 heavy (non-hydrogen) atoms. The molecule has 2 aromatic rings. The van der Waals surface area contributed by atoms with E-state index in [2.05, 4.69) is 5.32 Å². The van der Waals surface area contributed by atoms with Gasteiger partial charge in [0.15, 0.2) is 11.5 Å². The summed E-state index contributed by atoms with van der Waals surface area (Å²) in [5, 5.41) is 3.04. The molecule has 1 atom stereocenters. The molecule has 6 heteroatoms. The van der Waals surface area contributed by atoms with E-state index >= 15 is 0 Å². The van der Waals surface area contributed by atoms with Crippen LogP contribution in [-0.2, 0) is 4.79 Å². The van der Waals surface area contributed by atoms with E-state index in [9.17, 15) is 9.18 Å². The molecule has 2 aliphatic rings. The van der Waals surface area contributed by atoms with Crippen molar-refractivity contribution in [1.29, 1.82) is 0 Å². The van der Waals surface area contributed by atoms with Crippen LogP contribution in [0.15, 0.2) is 36.4 Å². The Morgan fingerprint density at radius 1 is 1.14 bits per heavy atom. The normalized spacial score (nSPS) is 18.6. The van der Waals surface area contributed by atoms with Crippen molar-refractivity contribution in [2.45, 2.75) is 32.2 Å². The Hall–Kier alpha value is -2.76. The lowest BCUT2D eigenvalue weighted by Crippen LogP contribution is -2.35. The van der Waals surface area contributed by atoms with Gasteiger partial charge in [0.1, 0.15) is 5.82 Å². The van der Waals surface area contributed by atoms with Crippen LogP contribution in [0.5, 0.6) is 11.5 Å². The van der Waals surface area contributed by atoms with Gasteiger partial charge in [0.25, 0.3) is 0 Å². The summed E-state index contributed by atoms with van der Waals surface area (Å²) < 4.78 is 25.2. The maximum absolute atomic E-state index is 13.7. The molecule has 0 radical (unpaired) electrons. The number of likely N-dealkylation sites (tertiary alicyclic amines) is 1. The molecule has 0 aliphatic carbocycles. The third kappa shape index (κ3) is 3.91. The van der Waals surface area contributed by atoms with Crippen molar-refractivity contribution in [2.24, 2.45) is 0 Å². The molecule has 5 nitrogen and oxygen atoms in total. The number of carbonyl (C=O) groups excluding carboxylic acids is 1. The van der Waals surface area contributed by atoms with Gasteiger partial charge in [0.2, 0.25) is 5.91 Å². The number of fused-ring (bicyclic) bond motifs is 1. The van der Waals surface area contributed by atoms with E-state index in [4.69, 9.17) is 9.47 Å². The lowest BCUT2D eigenvalue weighted by molar-refractivity contribution is -0.130. The standard InChI is InChI=1S/C22H25FN2O3/c1-15-5-7-17(13-18(15)23)24-14-22(26)25-9-2-4-19(25)16-6-8-20-21(12-16)28-11-3-10-27-20/h5-8,12-13,19,24H,2-4,9-11,14H2,1H3/t19-/m1/s1. The van der Waals surface area contributed by atoms with E-state index in [0.29, 0.717) is 24.5 Å². The largest absolute Gasteiger partial charge is 0.490 e. The Balaban J connectivity index is 1.44. The average molecular weight is 384 g/mol. The lowest BCUT2D eigenvalue weighted by atomic mass is 10.0. The Morgan fingerprint density at radius 2 is 1.96 bits per heavy atom. The van der Waals surface area contributed by atoms with Crippen molar-refractivity contribution < 1.29 is 18.7 Å². The molecule has 0 unspecified atom stereocenters. The van der Waals surface area contributed by atoms with E-state index in [-0.39, 0.29) is 24.3 Å². The number of anilines is 1. The van der Waals surface area contributed by atoms with Gasteiger partial charge in [-0.25, -0.2) is 4.39 Å². The fourth-order valence-electron chi connectivity index (χ4n) is 3.78.